The fraction of sp³-hybridized carbons (Fsp3) is 0. The molecule has 0 amide bonds. The Balaban J connectivity index is 2.52. The van der Waals surface area contributed by atoms with E-state index in [9.17, 15) is 0 Å². The quantitative estimate of drug-likeness (QED) is 0.624. The van der Waals surface area contributed by atoms with Crippen molar-refractivity contribution in [3.05, 3.63) is 35.7 Å². The Morgan fingerprint density at radius 2 is 1.71 bits per heavy atom. The Morgan fingerprint density at radius 3 is 2.47 bits per heavy atom. The Labute approximate surface area is 96.0 Å². The third-order valence-corrected chi connectivity index (χ3v) is 2.54. The first kappa shape index (κ1) is 9.32. The van der Waals surface area contributed by atoms with Crippen LogP contribution in [0.3, 0.4) is 0 Å². The van der Waals surface area contributed by atoms with Gasteiger partial charge in [-0.05, 0) is 6.07 Å². The number of nitriles is 2. The topological polar surface area (TPSA) is 89.2 Å². The molecule has 0 radical (unpaired) electrons. The summed E-state index contributed by atoms with van der Waals surface area (Å²) in [4.78, 5) is 11.3. The molecule has 78 valence electrons. The first-order valence-electron chi connectivity index (χ1n) is 4.92. The van der Waals surface area contributed by atoms with Crippen LogP contribution in [-0.2, 0) is 0 Å². The summed E-state index contributed by atoms with van der Waals surface area (Å²) in [6.07, 6.45) is 0. The minimum absolute atomic E-state index is 0.0477. The van der Waals surface area contributed by atoms with E-state index in [1.807, 2.05) is 36.4 Å². The zero-order chi connectivity index (χ0) is 11.8. The van der Waals surface area contributed by atoms with E-state index < -0.39 is 0 Å². The van der Waals surface area contributed by atoms with Crippen molar-refractivity contribution in [2.75, 3.05) is 0 Å². The minimum atomic E-state index is 0.0477. The van der Waals surface area contributed by atoms with Crippen molar-refractivity contribution in [2.24, 2.45) is 0 Å². The number of H-pyrrole nitrogens is 1. The van der Waals surface area contributed by atoms with Gasteiger partial charge in [-0.25, -0.2) is 9.97 Å². The lowest BCUT2D eigenvalue weighted by Crippen LogP contribution is -1.94. The van der Waals surface area contributed by atoms with E-state index in [0.717, 1.165) is 10.9 Å². The normalized spacial score (nSPS) is 10.2. The molecule has 5 nitrogen and oxygen atoms in total. The molecule has 0 atom stereocenters. The average molecular weight is 219 g/mol. The van der Waals surface area contributed by atoms with E-state index in [-0.39, 0.29) is 11.4 Å². The number of aromatic nitrogens is 3. The number of fused-ring (bicyclic) bond motifs is 3. The van der Waals surface area contributed by atoms with Crippen LogP contribution in [0, 0.1) is 22.7 Å². The summed E-state index contributed by atoms with van der Waals surface area (Å²) in [6, 6.07) is 11.3. The summed E-state index contributed by atoms with van der Waals surface area (Å²) in [7, 11) is 0. The standard InChI is InChI=1S/C12H5N5/c13-5-9-10(6-14)17-12-11(15-9)7-3-1-2-4-8(7)16-12/h1-4H,(H,16,17). The van der Waals surface area contributed by atoms with Crippen LogP contribution in [0.15, 0.2) is 24.3 Å². The van der Waals surface area contributed by atoms with Crippen LogP contribution in [0.2, 0.25) is 0 Å². The molecule has 0 aliphatic carbocycles. The van der Waals surface area contributed by atoms with Gasteiger partial charge in [0.15, 0.2) is 17.0 Å². The van der Waals surface area contributed by atoms with Gasteiger partial charge in [0.05, 0.1) is 0 Å². The van der Waals surface area contributed by atoms with Crippen molar-refractivity contribution >= 4 is 22.1 Å². The largest absolute Gasteiger partial charge is 0.338 e. The number of rotatable bonds is 0. The van der Waals surface area contributed by atoms with Crippen LogP contribution in [-0.4, -0.2) is 15.0 Å². The second-order valence-corrected chi connectivity index (χ2v) is 3.51. The SMILES string of the molecule is N#Cc1nc2[nH]c3ccccc3c2nc1C#N. The number of aromatic amines is 1. The highest BCUT2D eigenvalue weighted by molar-refractivity contribution is 6.03. The van der Waals surface area contributed by atoms with Crippen LogP contribution in [0.4, 0.5) is 0 Å². The van der Waals surface area contributed by atoms with Crippen molar-refractivity contribution in [2.45, 2.75) is 0 Å². The van der Waals surface area contributed by atoms with Gasteiger partial charge in [-0.15, -0.1) is 0 Å². The Morgan fingerprint density at radius 1 is 1.00 bits per heavy atom. The van der Waals surface area contributed by atoms with Crippen molar-refractivity contribution in [3.8, 4) is 12.1 Å². The molecule has 0 aliphatic rings. The van der Waals surface area contributed by atoms with Gasteiger partial charge in [-0.1, -0.05) is 18.2 Å². The molecule has 0 aliphatic heterocycles. The van der Waals surface area contributed by atoms with E-state index in [1.54, 1.807) is 0 Å². The highest BCUT2D eigenvalue weighted by Gasteiger charge is 2.11. The summed E-state index contributed by atoms with van der Waals surface area (Å²) in [5, 5.41) is 18.7. The van der Waals surface area contributed by atoms with E-state index in [1.165, 1.54) is 0 Å². The van der Waals surface area contributed by atoms with Crippen LogP contribution in [0.1, 0.15) is 11.4 Å². The number of hydrogen-bond donors (Lipinski definition) is 1. The lowest BCUT2D eigenvalue weighted by Gasteiger charge is -1.93. The second-order valence-electron chi connectivity index (χ2n) is 3.51. The number of hydrogen-bond acceptors (Lipinski definition) is 4. The smallest absolute Gasteiger partial charge is 0.179 e. The van der Waals surface area contributed by atoms with Crippen LogP contribution >= 0.6 is 0 Å². The van der Waals surface area contributed by atoms with Crippen molar-refractivity contribution < 1.29 is 0 Å². The molecule has 2 aromatic heterocycles. The maximum Gasteiger partial charge on any atom is 0.179 e. The van der Waals surface area contributed by atoms with E-state index in [0.29, 0.717) is 11.2 Å². The summed E-state index contributed by atoms with van der Waals surface area (Å²) in [5.74, 6) is 0. The summed E-state index contributed by atoms with van der Waals surface area (Å²) >= 11 is 0. The van der Waals surface area contributed by atoms with Gasteiger partial charge in [0.25, 0.3) is 0 Å². The molecule has 0 spiro atoms. The number of benzene rings is 1. The first-order chi connectivity index (χ1) is 8.33. The van der Waals surface area contributed by atoms with Crippen LogP contribution in [0.5, 0.6) is 0 Å². The van der Waals surface area contributed by atoms with Crippen molar-refractivity contribution in [1.82, 2.24) is 15.0 Å². The van der Waals surface area contributed by atoms with Gasteiger partial charge < -0.3 is 4.98 Å². The summed E-state index contributed by atoms with van der Waals surface area (Å²) in [5.41, 5.74) is 2.15. The minimum Gasteiger partial charge on any atom is -0.338 e. The molecule has 0 saturated carbocycles. The van der Waals surface area contributed by atoms with Gasteiger partial charge in [0.2, 0.25) is 0 Å². The first-order valence-corrected chi connectivity index (χ1v) is 4.92. The molecular weight excluding hydrogens is 214 g/mol. The molecule has 3 rings (SSSR count). The number of para-hydroxylation sites is 1. The molecule has 1 N–H and O–H groups in total. The summed E-state index contributed by atoms with van der Waals surface area (Å²) < 4.78 is 0. The van der Waals surface area contributed by atoms with Gasteiger partial charge in [0.1, 0.15) is 17.7 Å². The Kier molecular flexibility index (Phi) is 1.80. The van der Waals surface area contributed by atoms with Gasteiger partial charge in [-0.2, -0.15) is 10.5 Å². The van der Waals surface area contributed by atoms with Gasteiger partial charge in [0, 0.05) is 10.9 Å². The van der Waals surface area contributed by atoms with Crippen LogP contribution < -0.4 is 0 Å². The predicted molar refractivity (Wildman–Crippen MR) is 60.8 cm³/mol. The highest BCUT2D eigenvalue weighted by atomic mass is 14.9. The molecule has 3 aromatic rings. The van der Waals surface area contributed by atoms with Crippen molar-refractivity contribution in [1.29, 1.82) is 10.5 Å². The third-order valence-electron chi connectivity index (χ3n) is 2.54. The van der Waals surface area contributed by atoms with Crippen LogP contribution in [0.25, 0.3) is 22.1 Å². The maximum absolute atomic E-state index is 8.90. The van der Waals surface area contributed by atoms with E-state index in [2.05, 4.69) is 15.0 Å². The molecule has 17 heavy (non-hydrogen) atoms. The van der Waals surface area contributed by atoms with Gasteiger partial charge >= 0.3 is 0 Å². The molecular formula is C12H5N5. The number of nitrogens with zero attached hydrogens (tertiary/aromatic N) is 4. The monoisotopic (exact) mass is 219 g/mol. The molecule has 5 heteroatoms. The molecule has 0 saturated heterocycles. The second kappa shape index (κ2) is 3.29. The molecule has 0 unspecified atom stereocenters. The van der Waals surface area contributed by atoms with Crippen molar-refractivity contribution in [3.63, 3.8) is 0 Å². The fourth-order valence-electron chi connectivity index (χ4n) is 1.79. The summed E-state index contributed by atoms with van der Waals surface area (Å²) in [6.45, 7) is 0. The Hall–Kier alpha value is -2.92. The zero-order valence-electron chi connectivity index (χ0n) is 8.60. The predicted octanol–water partition coefficient (Wildman–Crippen LogP) is 1.85. The fourth-order valence-corrected chi connectivity index (χ4v) is 1.79. The van der Waals surface area contributed by atoms with Gasteiger partial charge in [-0.3, -0.25) is 0 Å². The third kappa shape index (κ3) is 1.23. The molecule has 0 fully saturated rings. The molecule has 2 heterocycles. The number of nitrogens with one attached hydrogen (secondary N) is 1. The molecule has 1 aromatic carbocycles. The lowest BCUT2D eigenvalue weighted by atomic mass is 10.2. The average Bonchev–Trinajstić information content (AvgIpc) is 2.74. The van der Waals surface area contributed by atoms with E-state index in [4.69, 9.17) is 10.5 Å². The Bertz CT molecular complexity index is 816. The zero-order valence-corrected chi connectivity index (χ0v) is 8.60. The molecule has 0 bridgehead atoms. The maximum atomic E-state index is 8.90. The highest BCUT2D eigenvalue weighted by Crippen LogP contribution is 2.22. The lowest BCUT2D eigenvalue weighted by molar-refractivity contribution is 1.19. The van der Waals surface area contributed by atoms with E-state index >= 15 is 0 Å².